The zero-order chi connectivity index (χ0) is 10.4. The second-order valence-corrected chi connectivity index (χ2v) is 3.02. The summed E-state index contributed by atoms with van der Waals surface area (Å²) < 4.78 is 0. The summed E-state index contributed by atoms with van der Waals surface area (Å²) in [4.78, 5) is 10.9. The number of hydrogen-bond acceptors (Lipinski definition) is 2. The number of aliphatic hydroxyl groups excluding tert-OH is 1. The maximum absolute atomic E-state index is 10.9. The van der Waals surface area contributed by atoms with E-state index < -0.39 is 0 Å². The van der Waals surface area contributed by atoms with Crippen molar-refractivity contribution in [2.75, 3.05) is 11.9 Å². The standard InChI is InChI=1S/C9H9NO.C2H6O/c11-9-6-5-7-3-1-2-4-8(7)10-9;1-2-3/h1-4H,5-6H2,(H,10,11);3H,2H2,1H3. The molecule has 3 heteroatoms. The number of hydrogen-bond donors (Lipinski definition) is 2. The number of nitrogens with one attached hydrogen (secondary N) is 1. The summed E-state index contributed by atoms with van der Waals surface area (Å²) >= 11 is 0. The number of fused-ring (bicyclic) bond motifs is 1. The van der Waals surface area contributed by atoms with Gasteiger partial charge in [0.25, 0.3) is 0 Å². The number of rotatable bonds is 0. The molecule has 1 aliphatic heterocycles. The average molecular weight is 193 g/mol. The van der Waals surface area contributed by atoms with E-state index in [4.69, 9.17) is 5.11 Å². The number of carbonyl (C=O) groups excluding carboxylic acids is 1. The highest BCUT2D eigenvalue weighted by atomic mass is 16.2. The van der Waals surface area contributed by atoms with Crippen molar-refractivity contribution in [1.29, 1.82) is 0 Å². The summed E-state index contributed by atoms with van der Waals surface area (Å²) in [6.07, 6.45) is 1.50. The fourth-order valence-corrected chi connectivity index (χ4v) is 1.32. The first-order chi connectivity index (χ1) is 6.77. The molecule has 0 spiro atoms. The smallest absolute Gasteiger partial charge is 0.224 e. The maximum Gasteiger partial charge on any atom is 0.224 e. The van der Waals surface area contributed by atoms with Crippen molar-refractivity contribution in [2.24, 2.45) is 0 Å². The summed E-state index contributed by atoms with van der Waals surface area (Å²) in [5.41, 5.74) is 2.22. The van der Waals surface area contributed by atoms with Crippen LogP contribution in [0.25, 0.3) is 0 Å². The topological polar surface area (TPSA) is 49.3 Å². The zero-order valence-electron chi connectivity index (χ0n) is 8.29. The molecular formula is C11H15NO2. The molecule has 0 fully saturated rings. The lowest BCUT2D eigenvalue weighted by atomic mass is 10.0. The van der Waals surface area contributed by atoms with Gasteiger partial charge in [-0.3, -0.25) is 4.79 Å². The number of aryl methyl sites for hydroxylation is 1. The fraction of sp³-hybridized carbons (Fsp3) is 0.364. The van der Waals surface area contributed by atoms with Crippen LogP contribution in [0.3, 0.4) is 0 Å². The van der Waals surface area contributed by atoms with Crippen LogP contribution in [0.5, 0.6) is 0 Å². The average Bonchev–Trinajstić information content (AvgIpc) is 2.19. The van der Waals surface area contributed by atoms with E-state index >= 15 is 0 Å². The number of amides is 1. The minimum absolute atomic E-state index is 0.128. The molecule has 2 N–H and O–H groups in total. The van der Waals surface area contributed by atoms with Gasteiger partial charge < -0.3 is 10.4 Å². The van der Waals surface area contributed by atoms with Crippen LogP contribution in [0.2, 0.25) is 0 Å². The van der Waals surface area contributed by atoms with Crippen LogP contribution in [0.4, 0.5) is 5.69 Å². The third-order valence-corrected chi connectivity index (χ3v) is 1.91. The highest BCUT2D eigenvalue weighted by Crippen LogP contribution is 2.20. The molecular weight excluding hydrogens is 178 g/mol. The summed E-state index contributed by atoms with van der Waals surface area (Å²) in [6, 6.07) is 7.92. The number of benzene rings is 1. The molecule has 0 aromatic heterocycles. The third kappa shape index (κ3) is 2.85. The van der Waals surface area contributed by atoms with Gasteiger partial charge in [0, 0.05) is 18.7 Å². The fourth-order valence-electron chi connectivity index (χ4n) is 1.32. The van der Waals surface area contributed by atoms with Gasteiger partial charge in [0.05, 0.1) is 0 Å². The predicted molar refractivity (Wildman–Crippen MR) is 56.2 cm³/mol. The van der Waals surface area contributed by atoms with Crippen LogP contribution >= 0.6 is 0 Å². The van der Waals surface area contributed by atoms with Crippen LogP contribution < -0.4 is 5.32 Å². The Morgan fingerprint density at radius 3 is 2.71 bits per heavy atom. The summed E-state index contributed by atoms with van der Waals surface area (Å²) in [7, 11) is 0. The van der Waals surface area contributed by atoms with Crippen molar-refractivity contribution < 1.29 is 9.90 Å². The number of anilines is 1. The van der Waals surface area contributed by atoms with Crippen molar-refractivity contribution in [3.05, 3.63) is 29.8 Å². The van der Waals surface area contributed by atoms with Gasteiger partial charge in [-0.25, -0.2) is 0 Å². The van der Waals surface area contributed by atoms with Gasteiger partial charge in [-0.05, 0) is 25.0 Å². The Hall–Kier alpha value is -1.35. The summed E-state index contributed by atoms with van der Waals surface area (Å²) in [6.45, 7) is 1.93. The molecule has 0 radical (unpaired) electrons. The minimum Gasteiger partial charge on any atom is -0.397 e. The number of carbonyl (C=O) groups is 1. The second-order valence-electron chi connectivity index (χ2n) is 3.02. The Labute approximate surface area is 83.8 Å². The predicted octanol–water partition coefficient (Wildman–Crippen LogP) is 1.57. The highest BCUT2D eigenvalue weighted by molar-refractivity contribution is 5.93. The first-order valence-electron chi connectivity index (χ1n) is 4.76. The van der Waals surface area contributed by atoms with Gasteiger partial charge in [0.2, 0.25) is 5.91 Å². The van der Waals surface area contributed by atoms with E-state index in [-0.39, 0.29) is 12.5 Å². The molecule has 0 aliphatic carbocycles. The molecule has 0 unspecified atom stereocenters. The van der Waals surface area contributed by atoms with E-state index in [1.807, 2.05) is 18.2 Å². The van der Waals surface area contributed by atoms with Crippen molar-refractivity contribution in [1.82, 2.24) is 0 Å². The first-order valence-corrected chi connectivity index (χ1v) is 4.76. The maximum atomic E-state index is 10.9. The summed E-state index contributed by atoms with van der Waals surface area (Å²) in [5.74, 6) is 0.128. The minimum atomic E-state index is 0.128. The molecule has 1 amide bonds. The van der Waals surface area contributed by atoms with E-state index in [1.165, 1.54) is 5.56 Å². The van der Waals surface area contributed by atoms with E-state index in [9.17, 15) is 4.79 Å². The van der Waals surface area contributed by atoms with Gasteiger partial charge in [-0.1, -0.05) is 18.2 Å². The van der Waals surface area contributed by atoms with Gasteiger partial charge in [0.15, 0.2) is 0 Å². The Balaban J connectivity index is 0.000000293. The number of para-hydroxylation sites is 1. The van der Waals surface area contributed by atoms with E-state index in [0.29, 0.717) is 6.42 Å². The molecule has 1 aliphatic rings. The molecule has 1 aromatic carbocycles. The first kappa shape index (κ1) is 10.7. The zero-order valence-corrected chi connectivity index (χ0v) is 8.29. The Morgan fingerprint density at radius 1 is 1.36 bits per heavy atom. The molecule has 1 aromatic rings. The van der Waals surface area contributed by atoms with Crippen molar-refractivity contribution in [2.45, 2.75) is 19.8 Å². The van der Waals surface area contributed by atoms with E-state index in [0.717, 1.165) is 12.1 Å². The van der Waals surface area contributed by atoms with Crippen molar-refractivity contribution in [3.63, 3.8) is 0 Å². The molecule has 76 valence electrons. The second kappa shape index (κ2) is 5.40. The SMILES string of the molecule is CCO.O=C1CCc2ccccc2N1. The van der Waals surface area contributed by atoms with Gasteiger partial charge in [-0.2, -0.15) is 0 Å². The highest BCUT2D eigenvalue weighted by Gasteiger charge is 2.12. The van der Waals surface area contributed by atoms with Crippen LogP contribution in [0, 0.1) is 0 Å². The van der Waals surface area contributed by atoms with Crippen LogP contribution in [-0.2, 0) is 11.2 Å². The largest absolute Gasteiger partial charge is 0.397 e. The molecule has 0 atom stereocenters. The van der Waals surface area contributed by atoms with Crippen LogP contribution in [0.1, 0.15) is 18.9 Å². The van der Waals surface area contributed by atoms with Crippen molar-refractivity contribution in [3.8, 4) is 0 Å². The molecule has 2 rings (SSSR count). The lowest BCUT2D eigenvalue weighted by molar-refractivity contribution is -0.116. The molecule has 0 saturated carbocycles. The van der Waals surface area contributed by atoms with Gasteiger partial charge in [0.1, 0.15) is 0 Å². The van der Waals surface area contributed by atoms with E-state index in [1.54, 1.807) is 6.92 Å². The number of aliphatic hydroxyl groups is 1. The quantitative estimate of drug-likeness (QED) is 0.657. The van der Waals surface area contributed by atoms with Crippen LogP contribution in [-0.4, -0.2) is 17.6 Å². The molecule has 0 saturated heterocycles. The normalized spacial score (nSPS) is 13.4. The van der Waals surface area contributed by atoms with E-state index in [2.05, 4.69) is 11.4 Å². The molecule has 1 heterocycles. The lowest BCUT2D eigenvalue weighted by Crippen LogP contribution is -2.18. The van der Waals surface area contributed by atoms with Gasteiger partial charge >= 0.3 is 0 Å². The third-order valence-electron chi connectivity index (χ3n) is 1.91. The van der Waals surface area contributed by atoms with Crippen molar-refractivity contribution >= 4 is 11.6 Å². The Morgan fingerprint density at radius 2 is 2.00 bits per heavy atom. The molecule has 0 bridgehead atoms. The Bertz CT molecular complexity index is 310. The summed E-state index contributed by atoms with van der Waals surface area (Å²) in [5, 5.41) is 10.4. The molecule has 3 nitrogen and oxygen atoms in total. The lowest BCUT2D eigenvalue weighted by Gasteiger charge is -2.15. The monoisotopic (exact) mass is 193 g/mol. The Kier molecular flexibility index (Phi) is 4.13. The molecule has 14 heavy (non-hydrogen) atoms. The van der Waals surface area contributed by atoms with Crippen LogP contribution in [0.15, 0.2) is 24.3 Å². The van der Waals surface area contributed by atoms with Gasteiger partial charge in [-0.15, -0.1) is 0 Å².